The van der Waals surface area contributed by atoms with E-state index in [1.54, 1.807) is 57.2 Å². The van der Waals surface area contributed by atoms with Crippen molar-refractivity contribution in [3.8, 4) is 11.8 Å². The summed E-state index contributed by atoms with van der Waals surface area (Å²) in [6.07, 6.45) is -0.665. The lowest BCUT2D eigenvalue weighted by Crippen LogP contribution is -2.44. The van der Waals surface area contributed by atoms with Crippen molar-refractivity contribution in [1.82, 2.24) is 5.32 Å². The van der Waals surface area contributed by atoms with E-state index in [-0.39, 0.29) is 12.2 Å². The lowest BCUT2D eigenvalue weighted by Gasteiger charge is -2.22. The topological polar surface area (TPSA) is 75.6 Å². The van der Waals surface area contributed by atoms with Crippen molar-refractivity contribution in [2.75, 3.05) is 0 Å². The maximum Gasteiger partial charge on any atom is 0.408 e. The first-order chi connectivity index (χ1) is 13.1. The zero-order valence-corrected chi connectivity index (χ0v) is 16.0. The van der Waals surface area contributed by atoms with Gasteiger partial charge in [-0.2, -0.15) is 0 Å². The summed E-state index contributed by atoms with van der Waals surface area (Å²) < 4.78 is 18.0. The fourth-order valence-corrected chi connectivity index (χ4v) is 2.29. The SMILES string of the molecule is CC(C)(C)OC(=O)N[C@@H](Cc1ccc(C#Cc2ccc(F)cc2)cc1)C(=O)O. The first-order valence-electron chi connectivity index (χ1n) is 8.71. The number of alkyl carbamates (subject to hydrolysis) is 1. The van der Waals surface area contributed by atoms with Crippen molar-refractivity contribution >= 4 is 12.1 Å². The summed E-state index contributed by atoms with van der Waals surface area (Å²) in [5.74, 6) is 4.43. The lowest BCUT2D eigenvalue weighted by atomic mass is 10.0. The highest BCUT2D eigenvalue weighted by atomic mass is 19.1. The van der Waals surface area contributed by atoms with E-state index in [9.17, 15) is 19.1 Å². The summed E-state index contributed by atoms with van der Waals surface area (Å²) in [6, 6.07) is 11.8. The molecule has 0 spiro atoms. The number of amides is 1. The number of halogens is 1. The van der Waals surface area contributed by atoms with Crippen molar-refractivity contribution in [2.24, 2.45) is 0 Å². The summed E-state index contributed by atoms with van der Waals surface area (Å²) >= 11 is 0. The Labute approximate surface area is 163 Å². The van der Waals surface area contributed by atoms with Gasteiger partial charge in [0.05, 0.1) is 0 Å². The first kappa shape index (κ1) is 21.0. The molecule has 1 amide bonds. The van der Waals surface area contributed by atoms with Crippen molar-refractivity contribution in [1.29, 1.82) is 0 Å². The molecule has 0 heterocycles. The lowest BCUT2D eigenvalue weighted by molar-refractivity contribution is -0.139. The standard InChI is InChI=1S/C22H22FNO4/c1-22(2,3)28-21(27)24-19(20(25)26)14-17-8-6-15(7-9-17)4-5-16-10-12-18(23)13-11-16/h6-13,19H,14H2,1-3H3,(H,24,27)(H,25,26)/t19-/m0/s1. The average molecular weight is 383 g/mol. The van der Waals surface area contributed by atoms with Gasteiger partial charge in [-0.05, 0) is 62.7 Å². The summed E-state index contributed by atoms with van der Waals surface area (Å²) in [5.41, 5.74) is 1.45. The number of carbonyl (C=O) groups is 2. The molecule has 0 bridgehead atoms. The van der Waals surface area contributed by atoms with Crippen LogP contribution >= 0.6 is 0 Å². The molecule has 2 aromatic rings. The van der Waals surface area contributed by atoms with Crippen molar-refractivity contribution < 1.29 is 23.8 Å². The maximum atomic E-state index is 12.9. The molecule has 6 heteroatoms. The van der Waals surface area contributed by atoms with E-state index in [1.165, 1.54) is 12.1 Å². The van der Waals surface area contributed by atoms with Gasteiger partial charge in [-0.25, -0.2) is 14.0 Å². The maximum absolute atomic E-state index is 12.9. The van der Waals surface area contributed by atoms with Gasteiger partial charge in [0.25, 0.3) is 0 Å². The van der Waals surface area contributed by atoms with Crippen LogP contribution in [0.5, 0.6) is 0 Å². The molecule has 28 heavy (non-hydrogen) atoms. The van der Waals surface area contributed by atoms with E-state index >= 15 is 0 Å². The fraction of sp³-hybridized carbons (Fsp3) is 0.273. The Bertz CT molecular complexity index is 887. The number of rotatable bonds is 4. The van der Waals surface area contributed by atoms with Crippen LogP contribution in [0, 0.1) is 17.7 Å². The molecule has 0 aliphatic carbocycles. The van der Waals surface area contributed by atoms with Gasteiger partial charge in [-0.15, -0.1) is 0 Å². The molecule has 0 aliphatic rings. The van der Waals surface area contributed by atoms with E-state index in [0.717, 1.165) is 11.1 Å². The van der Waals surface area contributed by atoms with Gasteiger partial charge in [0, 0.05) is 17.5 Å². The molecule has 0 radical (unpaired) electrons. The third kappa shape index (κ3) is 7.12. The second kappa shape index (κ2) is 9.05. The smallest absolute Gasteiger partial charge is 0.408 e. The molecule has 0 aliphatic heterocycles. The number of benzene rings is 2. The van der Waals surface area contributed by atoms with Crippen molar-refractivity contribution in [3.05, 3.63) is 71.0 Å². The normalized spacial score (nSPS) is 11.7. The molecule has 0 aromatic heterocycles. The van der Waals surface area contributed by atoms with E-state index < -0.39 is 23.7 Å². The van der Waals surface area contributed by atoms with Crippen LogP contribution in [0.4, 0.5) is 9.18 Å². The van der Waals surface area contributed by atoms with Gasteiger partial charge in [0.1, 0.15) is 17.5 Å². The zero-order chi connectivity index (χ0) is 20.7. The summed E-state index contributed by atoms with van der Waals surface area (Å²) in [4.78, 5) is 23.3. The predicted octanol–water partition coefficient (Wildman–Crippen LogP) is 3.75. The third-order valence-corrected chi connectivity index (χ3v) is 3.58. The van der Waals surface area contributed by atoms with Crippen LogP contribution < -0.4 is 5.32 Å². The molecule has 1 atom stereocenters. The van der Waals surface area contributed by atoms with Gasteiger partial charge in [0.15, 0.2) is 0 Å². The summed E-state index contributed by atoms with van der Waals surface area (Å²) in [6.45, 7) is 5.11. The molecule has 0 saturated heterocycles. The second-order valence-electron chi connectivity index (χ2n) is 7.19. The van der Waals surface area contributed by atoms with Crippen LogP contribution in [-0.2, 0) is 16.0 Å². The number of nitrogens with one attached hydrogen (secondary N) is 1. The number of carbonyl (C=O) groups excluding carboxylic acids is 1. The highest BCUT2D eigenvalue weighted by Gasteiger charge is 2.24. The van der Waals surface area contributed by atoms with Crippen LogP contribution in [0.1, 0.15) is 37.5 Å². The monoisotopic (exact) mass is 383 g/mol. The average Bonchev–Trinajstić information content (AvgIpc) is 2.60. The van der Waals surface area contributed by atoms with Gasteiger partial charge < -0.3 is 15.2 Å². The molecule has 146 valence electrons. The van der Waals surface area contributed by atoms with Crippen LogP contribution in [-0.4, -0.2) is 28.8 Å². The van der Waals surface area contributed by atoms with E-state index in [4.69, 9.17) is 4.74 Å². The van der Waals surface area contributed by atoms with Gasteiger partial charge in [-0.3, -0.25) is 0 Å². The van der Waals surface area contributed by atoms with Gasteiger partial charge in [-0.1, -0.05) is 24.0 Å². The molecular formula is C22H22FNO4. The Kier molecular flexibility index (Phi) is 6.78. The quantitative estimate of drug-likeness (QED) is 0.789. The third-order valence-electron chi connectivity index (χ3n) is 3.58. The number of hydrogen-bond acceptors (Lipinski definition) is 3. The molecule has 2 rings (SSSR count). The van der Waals surface area contributed by atoms with E-state index in [1.807, 2.05) is 0 Å². The second-order valence-corrected chi connectivity index (χ2v) is 7.19. The minimum Gasteiger partial charge on any atom is -0.480 e. The molecule has 0 unspecified atom stereocenters. The first-order valence-corrected chi connectivity index (χ1v) is 8.71. The molecule has 0 fully saturated rings. The number of carboxylic acid groups (broad SMARTS) is 1. The van der Waals surface area contributed by atoms with Crippen molar-refractivity contribution in [3.63, 3.8) is 0 Å². The fourth-order valence-electron chi connectivity index (χ4n) is 2.29. The highest BCUT2D eigenvalue weighted by Crippen LogP contribution is 2.10. The van der Waals surface area contributed by atoms with Gasteiger partial charge in [0.2, 0.25) is 0 Å². The summed E-state index contributed by atoms with van der Waals surface area (Å²) in [5, 5.41) is 11.7. The van der Waals surface area contributed by atoms with Crippen LogP contribution in [0.15, 0.2) is 48.5 Å². The molecule has 0 saturated carbocycles. The Morgan fingerprint density at radius 2 is 1.54 bits per heavy atom. The molecule has 2 aromatic carbocycles. The van der Waals surface area contributed by atoms with E-state index in [2.05, 4.69) is 17.2 Å². The van der Waals surface area contributed by atoms with Crippen LogP contribution in [0.2, 0.25) is 0 Å². The Morgan fingerprint density at radius 1 is 1.04 bits per heavy atom. The number of hydrogen-bond donors (Lipinski definition) is 2. The largest absolute Gasteiger partial charge is 0.480 e. The Balaban J connectivity index is 2.02. The predicted molar refractivity (Wildman–Crippen MR) is 103 cm³/mol. The minimum atomic E-state index is -1.15. The highest BCUT2D eigenvalue weighted by molar-refractivity contribution is 5.80. The Hall–Kier alpha value is -3.33. The molecule has 5 nitrogen and oxygen atoms in total. The summed E-state index contributed by atoms with van der Waals surface area (Å²) in [7, 11) is 0. The number of ether oxygens (including phenoxy) is 1. The Morgan fingerprint density at radius 3 is 2.00 bits per heavy atom. The number of aliphatic carboxylic acids is 1. The molecule has 2 N–H and O–H groups in total. The minimum absolute atomic E-state index is 0.111. The van der Waals surface area contributed by atoms with Gasteiger partial charge >= 0.3 is 12.1 Å². The number of carboxylic acids is 1. The van der Waals surface area contributed by atoms with Crippen LogP contribution in [0.25, 0.3) is 0 Å². The van der Waals surface area contributed by atoms with Crippen molar-refractivity contribution in [2.45, 2.75) is 38.8 Å². The zero-order valence-electron chi connectivity index (χ0n) is 16.0. The van der Waals surface area contributed by atoms with Crippen LogP contribution in [0.3, 0.4) is 0 Å². The molecular weight excluding hydrogens is 361 g/mol. The van der Waals surface area contributed by atoms with E-state index in [0.29, 0.717) is 5.56 Å².